The topological polar surface area (TPSA) is 114 Å². The Bertz CT molecular complexity index is 713. The van der Waals surface area contributed by atoms with Crippen molar-refractivity contribution < 1.29 is 8.42 Å². The van der Waals surface area contributed by atoms with Gasteiger partial charge in [0, 0.05) is 24.2 Å². The molecule has 2 aromatic rings. The third-order valence-corrected chi connectivity index (χ3v) is 3.46. The highest BCUT2D eigenvalue weighted by atomic mass is 32.2. The van der Waals surface area contributed by atoms with Crippen LogP contribution >= 0.6 is 0 Å². The van der Waals surface area contributed by atoms with Crippen molar-refractivity contribution in [3.63, 3.8) is 0 Å². The van der Waals surface area contributed by atoms with Crippen LogP contribution in [-0.2, 0) is 10.0 Å². The van der Waals surface area contributed by atoms with Crippen molar-refractivity contribution in [2.75, 3.05) is 11.3 Å². The molecular formula is C11H11N5O2S. The molecule has 0 aliphatic rings. The number of anilines is 1. The second-order valence-electron chi connectivity index (χ2n) is 3.51. The molecule has 0 amide bonds. The van der Waals surface area contributed by atoms with Gasteiger partial charge in [-0.3, -0.25) is 14.8 Å². The van der Waals surface area contributed by atoms with Crippen molar-refractivity contribution in [3.05, 3.63) is 36.4 Å². The molecule has 0 saturated carbocycles. The SMILES string of the molecule is NCC#Cc1cncc(S(=O)(=O)Nc2cn[nH]c2)c1. The van der Waals surface area contributed by atoms with E-state index in [1.165, 1.54) is 30.9 Å². The molecule has 8 heteroatoms. The van der Waals surface area contributed by atoms with Crippen LogP contribution in [0.15, 0.2) is 35.7 Å². The molecule has 4 N–H and O–H groups in total. The number of pyridine rings is 1. The van der Waals surface area contributed by atoms with Gasteiger partial charge in [0.25, 0.3) is 10.0 Å². The number of H-pyrrole nitrogens is 1. The van der Waals surface area contributed by atoms with E-state index in [0.29, 0.717) is 11.3 Å². The quantitative estimate of drug-likeness (QED) is 0.679. The minimum atomic E-state index is -3.70. The Kier molecular flexibility index (Phi) is 3.79. The van der Waals surface area contributed by atoms with Gasteiger partial charge in [-0.25, -0.2) is 8.42 Å². The number of aromatic amines is 1. The summed E-state index contributed by atoms with van der Waals surface area (Å²) in [7, 11) is -3.70. The first kappa shape index (κ1) is 13.1. The maximum absolute atomic E-state index is 12.1. The highest BCUT2D eigenvalue weighted by Crippen LogP contribution is 2.14. The standard InChI is InChI=1S/C11H11N5O2S/c12-3-1-2-9-4-11(8-13-5-9)19(17,18)16-10-6-14-15-7-10/h4-8,16H,3,12H2,(H,14,15). The van der Waals surface area contributed by atoms with Crippen molar-refractivity contribution >= 4 is 15.7 Å². The smallest absolute Gasteiger partial charge is 0.263 e. The number of nitrogens with one attached hydrogen (secondary N) is 2. The maximum atomic E-state index is 12.1. The summed E-state index contributed by atoms with van der Waals surface area (Å²) in [5, 5.41) is 6.17. The van der Waals surface area contributed by atoms with Crippen molar-refractivity contribution in [1.82, 2.24) is 15.2 Å². The normalized spacial score (nSPS) is 10.6. The van der Waals surface area contributed by atoms with Crippen LogP contribution in [0.5, 0.6) is 0 Å². The lowest BCUT2D eigenvalue weighted by Crippen LogP contribution is -2.13. The number of aromatic nitrogens is 3. The van der Waals surface area contributed by atoms with Crippen molar-refractivity contribution in [2.45, 2.75) is 4.90 Å². The number of hydrogen-bond donors (Lipinski definition) is 3. The minimum absolute atomic E-state index is 0.0255. The zero-order valence-electron chi connectivity index (χ0n) is 9.79. The highest BCUT2D eigenvalue weighted by molar-refractivity contribution is 7.92. The van der Waals surface area contributed by atoms with E-state index < -0.39 is 10.0 Å². The minimum Gasteiger partial charge on any atom is -0.320 e. The molecule has 2 heterocycles. The molecule has 0 unspecified atom stereocenters. The van der Waals surface area contributed by atoms with Gasteiger partial charge in [-0.1, -0.05) is 11.8 Å². The zero-order valence-corrected chi connectivity index (χ0v) is 10.6. The van der Waals surface area contributed by atoms with Gasteiger partial charge in [-0.05, 0) is 6.07 Å². The summed E-state index contributed by atoms with van der Waals surface area (Å²) in [4.78, 5) is 3.87. The second-order valence-corrected chi connectivity index (χ2v) is 5.19. The Balaban J connectivity index is 2.30. The van der Waals surface area contributed by atoms with Crippen LogP contribution in [0.1, 0.15) is 5.56 Å². The van der Waals surface area contributed by atoms with E-state index in [1.54, 1.807) is 0 Å². The Hall–Kier alpha value is -2.37. The molecule has 0 radical (unpaired) electrons. The van der Waals surface area contributed by atoms with Gasteiger partial charge in [0.15, 0.2) is 0 Å². The summed E-state index contributed by atoms with van der Waals surface area (Å²) in [6, 6.07) is 1.43. The summed E-state index contributed by atoms with van der Waals surface area (Å²) in [6.07, 6.45) is 5.52. The second kappa shape index (κ2) is 5.51. The largest absolute Gasteiger partial charge is 0.320 e. The van der Waals surface area contributed by atoms with Crippen LogP contribution in [-0.4, -0.2) is 30.1 Å². The van der Waals surface area contributed by atoms with Crippen LogP contribution in [0.3, 0.4) is 0 Å². The number of nitrogens with two attached hydrogens (primary N) is 1. The molecule has 7 nitrogen and oxygen atoms in total. The summed E-state index contributed by atoms with van der Waals surface area (Å²) < 4.78 is 26.5. The van der Waals surface area contributed by atoms with Gasteiger partial charge in [0.05, 0.1) is 18.4 Å². The molecular weight excluding hydrogens is 266 g/mol. The lowest BCUT2D eigenvalue weighted by molar-refractivity contribution is 0.601. The van der Waals surface area contributed by atoms with Crippen molar-refractivity contribution in [3.8, 4) is 11.8 Å². The predicted molar refractivity (Wildman–Crippen MR) is 69.6 cm³/mol. The van der Waals surface area contributed by atoms with Crippen molar-refractivity contribution in [2.24, 2.45) is 5.73 Å². The van der Waals surface area contributed by atoms with Gasteiger partial charge < -0.3 is 5.73 Å². The molecule has 98 valence electrons. The molecule has 0 atom stereocenters. The monoisotopic (exact) mass is 277 g/mol. The first-order valence-corrected chi connectivity index (χ1v) is 6.76. The summed E-state index contributed by atoms with van der Waals surface area (Å²) in [5.41, 5.74) is 6.09. The highest BCUT2D eigenvalue weighted by Gasteiger charge is 2.15. The Morgan fingerprint density at radius 3 is 2.89 bits per heavy atom. The first-order valence-electron chi connectivity index (χ1n) is 5.27. The fraction of sp³-hybridized carbons (Fsp3) is 0.0909. The molecule has 0 spiro atoms. The van der Waals surface area contributed by atoms with Gasteiger partial charge in [-0.15, -0.1) is 0 Å². The van der Waals surface area contributed by atoms with Crippen LogP contribution < -0.4 is 10.5 Å². The van der Waals surface area contributed by atoms with Crippen LogP contribution in [0.4, 0.5) is 5.69 Å². The number of hydrogen-bond acceptors (Lipinski definition) is 5. The molecule has 0 aliphatic carbocycles. The molecule has 0 saturated heterocycles. The van der Waals surface area contributed by atoms with E-state index in [9.17, 15) is 8.42 Å². The van der Waals surface area contributed by atoms with Gasteiger partial charge in [-0.2, -0.15) is 5.10 Å². The zero-order chi connectivity index (χ0) is 13.7. The Morgan fingerprint density at radius 2 is 2.21 bits per heavy atom. The third-order valence-electron chi connectivity index (χ3n) is 2.11. The summed E-state index contributed by atoms with van der Waals surface area (Å²) in [6.45, 7) is 0.199. The molecule has 0 aromatic carbocycles. The molecule has 0 aliphatic heterocycles. The number of nitrogens with zero attached hydrogens (tertiary/aromatic N) is 2. The Labute approximate surface area is 110 Å². The average molecular weight is 277 g/mol. The van der Waals surface area contributed by atoms with E-state index in [4.69, 9.17) is 5.73 Å². The maximum Gasteiger partial charge on any atom is 0.263 e. The molecule has 0 fully saturated rings. The third kappa shape index (κ3) is 3.31. The summed E-state index contributed by atoms with van der Waals surface area (Å²) >= 11 is 0. The number of sulfonamides is 1. The van der Waals surface area contributed by atoms with Crippen molar-refractivity contribution in [1.29, 1.82) is 0 Å². The van der Waals surface area contributed by atoms with Gasteiger partial charge in [0.1, 0.15) is 4.90 Å². The average Bonchev–Trinajstić information content (AvgIpc) is 2.89. The van der Waals surface area contributed by atoms with Gasteiger partial charge >= 0.3 is 0 Å². The lowest BCUT2D eigenvalue weighted by Gasteiger charge is -2.05. The first-order chi connectivity index (χ1) is 9.12. The molecule has 0 bridgehead atoms. The van der Waals surface area contributed by atoms with E-state index >= 15 is 0 Å². The van der Waals surface area contributed by atoms with E-state index in [-0.39, 0.29) is 11.4 Å². The Morgan fingerprint density at radius 1 is 1.37 bits per heavy atom. The van der Waals surface area contributed by atoms with Gasteiger partial charge in [0.2, 0.25) is 0 Å². The van der Waals surface area contributed by atoms with Crippen LogP contribution in [0.2, 0.25) is 0 Å². The van der Waals surface area contributed by atoms with E-state index in [1.807, 2.05) is 0 Å². The van der Waals surface area contributed by atoms with E-state index in [0.717, 1.165) is 0 Å². The molecule has 19 heavy (non-hydrogen) atoms. The van der Waals surface area contributed by atoms with E-state index in [2.05, 4.69) is 31.7 Å². The molecule has 2 rings (SSSR count). The lowest BCUT2D eigenvalue weighted by atomic mass is 10.3. The fourth-order valence-electron chi connectivity index (χ4n) is 1.31. The summed E-state index contributed by atoms with van der Waals surface area (Å²) in [5.74, 6) is 5.36. The van der Waals surface area contributed by atoms with Crippen LogP contribution in [0, 0.1) is 11.8 Å². The fourth-order valence-corrected chi connectivity index (χ4v) is 2.33. The van der Waals surface area contributed by atoms with Crippen LogP contribution in [0.25, 0.3) is 0 Å². The molecule has 2 aromatic heterocycles. The predicted octanol–water partition coefficient (Wildman–Crippen LogP) is -0.0843. The number of rotatable bonds is 3.